The number of nitrogens with one attached hydrogen (secondary N) is 2. The van der Waals surface area contributed by atoms with Gasteiger partial charge in [0.2, 0.25) is 0 Å². The first kappa shape index (κ1) is 12.2. The molecule has 0 saturated carbocycles. The van der Waals surface area contributed by atoms with E-state index in [4.69, 9.17) is 0 Å². The molecule has 0 bridgehead atoms. The molecule has 1 aliphatic rings. The molecule has 3 heterocycles. The molecule has 2 aromatic heterocycles. The molecule has 2 N–H and O–H groups in total. The summed E-state index contributed by atoms with van der Waals surface area (Å²) in [7, 11) is 0. The molecule has 0 aliphatic carbocycles. The highest BCUT2D eigenvalue weighted by atomic mass is 15.1. The molecule has 5 heteroatoms. The van der Waals surface area contributed by atoms with Crippen LogP contribution in [-0.4, -0.2) is 33.7 Å². The minimum Gasteiger partial charge on any atom is -0.381 e. The number of imidazole rings is 1. The van der Waals surface area contributed by atoms with Crippen LogP contribution in [0, 0.1) is 6.92 Å². The third kappa shape index (κ3) is 2.76. The van der Waals surface area contributed by atoms with Gasteiger partial charge in [0, 0.05) is 18.4 Å². The minimum atomic E-state index is 0.559. The first-order chi connectivity index (χ1) is 9.33. The van der Waals surface area contributed by atoms with E-state index < -0.39 is 0 Å². The van der Waals surface area contributed by atoms with Crippen LogP contribution in [0.5, 0.6) is 0 Å². The lowest BCUT2D eigenvalue weighted by molar-refractivity contribution is 0.479. The van der Waals surface area contributed by atoms with Crippen molar-refractivity contribution in [1.29, 1.82) is 0 Å². The van der Waals surface area contributed by atoms with E-state index in [0.29, 0.717) is 6.04 Å². The lowest BCUT2D eigenvalue weighted by atomic mass is 10.1. The van der Waals surface area contributed by atoms with Crippen molar-refractivity contribution in [2.45, 2.75) is 25.8 Å². The average Bonchev–Trinajstić information content (AvgIpc) is 2.87. The van der Waals surface area contributed by atoms with Crippen LogP contribution >= 0.6 is 0 Å². The van der Waals surface area contributed by atoms with Crippen LogP contribution in [-0.2, 0) is 0 Å². The van der Waals surface area contributed by atoms with Crippen LogP contribution in [0.4, 0.5) is 5.69 Å². The number of piperidine rings is 1. The van der Waals surface area contributed by atoms with Gasteiger partial charge in [-0.15, -0.1) is 0 Å². The van der Waals surface area contributed by atoms with Gasteiger partial charge < -0.3 is 10.6 Å². The standard InChI is InChI=1S/C14H19N5/c1-11-16-8-9-19(11)14-3-2-13(10-17-14)18-12-4-6-15-7-5-12/h2-3,8-10,12,15,18H,4-7H2,1H3. The molecule has 1 saturated heterocycles. The number of aromatic nitrogens is 3. The van der Waals surface area contributed by atoms with E-state index in [1.807, 2.05) is 30.0 Å². The summed E-state index contributed by atoms with van der Waals surface area (Å²) in [4.78, 5) is 8.70. The Hall–Kier alpha value is -1.88. The van der Waals surface area contributed by atoms with Crippen molar-refractivity contribution in [3.05, 3.63) is 36.5 Å². The third-order valence-electron chi connectivity index (χ3n) is 3.53. The fourth-order valence-electron chi connectivity index (χ4n) is 2.44. The summed E-state index contributed by atoms with van der Waals surface area (Å²) < 4.78 is 1.98. The van der Waals surface area contributed by atoms with Crippen molar-refractivity contribution in [3.63, 3.8) is 0 Å². The normalized spacial score (nSPS) is 16.5. The molecule has 19 heavy (non-hydrogen) atoms. The predicted octanol–water partition coefficient (Wildman–Crippen LogP) is 1.74. The Morgan fingerprint density at radius 1 is 1.26 bits per heavy atom. The summed E-state index contributed by atoms with van der Waals surface area (Å²) in [5.74, 6) is 1.86. The lowest BCUT2D eigenvalue weighted by Crippen LogP contribution is -2.35. The van der Waals surface area contributed by atoms with Crippen LogP contribution < -0.4 is 10.6 Å². The van der Waals surface area contributed by atoms with Crippen LogP contribution in [0.1, 0.15) is 18.7 Å². The molecule has 0 amide bonds. The van der Waals surface area contributed by atoms with Crippen LogP contribution in [0.2, 0.25) is 0 Å². The Bertz CT molecular complexity index is 525. The van der Waals surface area contributed by atoms with Gasteiger partial charge in [-0.1, -0.05) is 0 Å². The molecule has 3 rings (SSSR count). The summed E-state index contributed by atoms with van der Waals surface area (Å²) in [5, 5.41) is 6.91. The van der Waals surface area contributed by atoms with Crippen molar-refractivity contribution in [1.82, 2.24) is 19.9 Å². The first-order valence-corrected chi connectivity index (χ1v) is 6.76. The molecule has 0 atom stereocenters. The molecule has 0 unspecified atom stereocenters. The van der Waals surface area contributed by atoms with Gasteiger partial charge in [-0.3, -0.25) is 4.57 Å². The molecule has 5 nitrogen and oxygen atoms in total. The van der Waals surface area contributed by atoms with Crippen molar-refractivity contribution < 1.29 is 0 Å². The number of hydrogen-bond donors (Lipinski definition) is 2. The number of hydrogen-bond acceptors (Lipinski definition) is 4. The first-order valence-electron chi connectivity index (χ1n) is 6.76. The highest BCUT2D eigenvalue weighted by molar-refractivity contribution is 5.44. The fraction of sp³-hybridized carbons (Fsp3) is 0.429. The molecule has 0 radical (unpaired) electrons. The molecule has 1 aliphatic heterocycles. The van der Waals surface area contributed by atoms with E-state index in [1.54, 1.807) is 6.20 Å². The molecule has 0 aromatic carbocycles. The van der Waals surface area contributed by atoms with Crippen LogP contribution in [0.3, 0.4) is 0 Å². The maximum atomic E-state index is 4.49. The second-order valence-corrected chi connectivity index (χ2v) is 4.92. The smallest absolute Gasteiger partial charge is 0.138 e. The fourth-order valence-corrected chi connectivity index (χ4v) is 2.44. The number of nitrogens with zero attached hydrogens (tertiary/aromatic N) is 3. The van der Waals surface area contributed by atoms with Gasteiger partial charge in [0.05, 0.1) is 11.9 Å². The van der Waals surface area contributed by atoms with Gasteiger partial charge in [0.15, 0.2) is 0 Å². The van der Waals surface area contributed by atoms with Gasteiger partial charge in [0.1, 0.15) is 11.6 Å². The summed E-state index contributed by atoms with van der Waals surface area (Å²) >= 11 is 0. The topological polar surface area (TPSA) is 54.8 Å². The van der Waals surface area contributed by atoms with Crippen molar-refractivity contribution in [3.8, 4) is 5.82 Å². The summed E-state index contributed by atoms with van der Waals surface area (Å²) in [6.07, 6.45) is 7.96. The quantitative estimate of drug-likeness (QED) is 0.879. The number of pyridine rings is 1. The zero-order valence-electron chi connectivity index (χ0n) is 11.1. The van der Waals surface area contributed by atoms with Gasteiger partial charge in [0.25, 0.3) is 0 Å². The highest BCUT2D eigenvalue weighted by Crippen LogP contribution is 2.15. The number of anilines is 1. The molecule has 2 aromatic rings. The molecular formula is C14H19N5. The Morgan fingerprint density at radius 3 is 2.74 bits per heavy atom. The van der Waals surface area contributed by atoms with Crippen LogP contribution in [0.15, 0.2) is 30.7 Å². The Balaban J connectivity index is 1.70. The Morgan fingerprint density at radius 2 is 2.11 bits per heavy atom. The lowest BCUT2D eigenvalue weighted by Gasteiger charge is -2.24. The monoisotopic (exact) mass is 257 g/mol. The third-order valence-corrected chi connectivity index (χ3v) is 3.53. The van der Waals surface area contributed by atoms with E-state index in [2.05, 4.69) is 26.7 Å². The number of rotatable bonds is 3. The van der Waals surface area contributed by atoms with E-state index >= 15 is 0 Å². The van der Waals surface area contributed by atoms with Crippen molar-refractivity contribution in [2.75, 3.05) is 18.4 Å². The maximum absolute atomic E-state index is 4.49. The average molecular weight is 257 g/mol. The van der Waals surface area contributed by atoms with E-state index in [-0.39, 0.29) is 0 Å². The van der Waals surface area contributed by atoms with Crippen molar-refractivity contribution in [2.24, 2.45) is 0 Å². The molecule has 1 fully saturated rings. The molecule has 100 valence electrons. The van der Waals surface area contributed by atoms with Gasteiger partial charge in [-0.25, -0.2) is 9.97 Å². The summed E-state index contributed by atoms with van der Waals surface area (Å²) in [6.45, 7) is 4.16. The van der Waals surface area contributed by atoms with Gasteiger partial charge in [-0.2, -0.15) is 0 Å². The summed E-state index contributed by atoms with van der Waals surface area (Å²) in [5.41, 5.74) is 1.09. The van der Waals surface area contributed by atoms with E-state index in [1.165, 1.54) is 12.8 Å². The zero-order chi connectivity index (χ0) is 13.1. The minimum absolute atomic E-state index is 0.559. The molecular weight excluding hydrogens is 238 g/mol. The maximum Gasteiger partial charge on any atom is 0.138 e. The largest absolute Gasteiger partial charge is 0.381 e. The van der Waals surface area contributed by atoms with E-state index in [9.17, 15) is 0 Å². The predicted molar refractivity (Wildman–Crippen MR) is 75.6 cm³/mol. The van der Waals surface area contributed by atoms with Gasteiger partial charge >= 0.3 is 0 Å². The summed E-state index contributed by atoms with van der Waals surface area (Å²) in [6, 6.07) is 4.67. The SMILES string of the molecule is Cc1nccn1-c1ccc(NC2CCNCC2)cn1. The Labute approximate surface area is 113 Å². The second-order valence-electron chi connectivity index (χ2n) is 4.92. The number of aryl methyl sites for hydroxylation is 1. The Kier molecular flexibility index (Phi) is 3.46. The second kappa shape index (κ2) is 5.40. The van der Waals surface area contributed by atoms with E-state index in [0.717, 1.165) is 30.4 Å². The molecule has 0 spiro atoms. The highest BCUT2D eigenvalue weighted by Gasteiger charge is 2.12. The zero-order valence-corrected chi connectivity index (χ0v) is 11.1. The van der Waals surface area contributed by atoms with Crippen LogP contribution in [0.25, 0.3) is 5.82 Å². The van der Waals surface area contributed by atoms with Gasteiger partial charge in [-0.05, 0) is 45.0 Å². The van der Waals surface area contributed by atoms with Crippen molar-refractivity contribution >= 4 is 5.69 Å².